The van der Waals surface area contributed by atoms with Crippen molar-refractivity contribution < 1.29 is 13.9 Å². The number of allylic oxidation sites excluding steroid dienone is 1. The van der Waals surface area contributed by atoms with Crippen LogP contribution in [0.4, 0.5) is 4.39 Å². The third-order valence-corrected chi connectivity index (χ3v) is 4.42. The molecule has 2 rings (SSSR count). The van der Waals surface area contributed by atoms with Gasteiger partial charge in [-0.25, -0.2) is 4.39 Å². The molecule has 0 aromatic heterocycles. The summed E-state index contributed by atoms with van der Waals surface area (Å²) in [6.45, 7) is 6.79. The van der Waals surface area contributed by atoms with Gasteiger partial charge in [0.2, 0.25) is 0 Å². The fourth-order valence-corrected chi connectivity index (χ4v) is 3.07. The Kier molecular flexibility index (Phi) is 5.86. The van der Waals surface area contributed by atoms with Gasteiger partial charge in [0.15, 0.2) is 5.78 Å². The molecule has 1 unspecified atom stereocenters. The van der Waals surface area contributed by atoms with Crippen LogP contribution < -0.4 is 0 Å². The molecule has 0 saturated carbocycles. The molecule has 0 bridgehead atoms. The number of carbonyl (C=O) groups excluding carboxylic acids is 1. The predicted octanol–water partition coefficient (Wildman–Crippen LogP) is 3.46. The van der Waals surface area contributed by atoms with Crippen LogP contribution in [0.5, 0.6) is 0 Å². The van der Waals surface area contributed by atoms with E-state index in [9.17, 15) is 9.18 Å². The van der Waals surface area contributed by atoms with E-state index in [1.54, 1.807) is 12.1 Å². The minimum Gasteiger partial charge on any atom is -0.379 e. The van der Waals surface area contributed by atoms with Gasteiger partial charge in [-0.1, -0.05) is 19.1 Å². The van der Waals surface area contributed by atoms with Gasteiger partial charge in [0.25, 0.3) is 0 Å². The number of benzene rings is 1. The zero-order valence-corrected chi connectivity index (χ0v) is 13.3. The molecule has 1 fully saturated rings. The monoisotopic (exact) mass is 305 g/mol. The topological polar surface area (TPSA) is 29.5 Å². The second kappa shape index (κ2) is 7.65. The first-order valence-electron chi connectivity index (χ1n) is 7.88. The maximum absolute atomic E-state index is 13.2. The number of nitrogens with zero attached hydrogens (tertiary/aromatic N) is 1. The molecule has 120 valence electrons. The molecule has 3 nitrogen and oxygen atoms in total. The Labute approximate surface area is 131 Å². The van der Waals surface area contributed by atoms with E-state index in [4.69, 9.17) is 4.74 Å². The molecule has 0 spiro atoms. The first kappa shape index (κ1) is 16.8. The number of ether oxygens (including phenoxy) is 1. The van der Waals surface area contributed by atoms with Gasteiger partial charge in [0.1, 0.15) is 5.82 Å². The van der Waals surface area contributed by atoms with E-state index in [1.807, 2.05) is 26.0 Å². The third kappa shape index (κ3) is 3.45. The van der Waals surface area contributed by atoms with Gasteiger partial charge in [-0.05, 0) is 44.0 Å². The van der Waals surface area contributed by atoms with Gasteiger partial charge < -0.3 is 4.74 Å². The normalized spacial score (nSPS) is 19.2. The Morgan fingerprint density at radius 3 is 2.50 bits per heavy atom. The van der Waals surface area contributed by atoms with E-state index in [1.165, 1.54) is 12.1 Å². The Morgan fingerprint density at radius 1 is 1.32 bits per heavy atom. The van der Waals surface area contributed by atoms with Crippen molar-refractivity contribution in [2.75, 3.05) is 26.3 Å². The summed E-state index contributed by atoms with van der Waals surface area (Å²) in [5, 5.41) is 0. The van der Waals surface area contributed by atoms with Crippen LogP contribution in [-0.2, 0) is 4.74 Å². The molecule has 0 aliphatic carbocycles. The molecule has 1 aliphatic rings. The lowest BCUT2D eigenvalue weighted by atomic mass is 9.81. The lowest BCUT2D eigenvalue weighted by Crippen LogP contribution is -2.57. The first-order valence-corrected chi connectivity index (χ1v) is 7.88. The van der Waals surface area contributed by atoms with Crippen molar-refractivity contribution in [2.45, 2.75) is 32.2 Å². The van der Waals surface area contributed by atoms with E-state index in [-0.39, 0.29) is 11.6 Å². The van der Waals surface area contributed by atoms with Crippen LogP contribution in [-0.4, -0.2) is 42.5 Å². The highest BCUT2D eigenvalue weighted by atomic mass is 19.1. The molecule has 22 heavy (non-hydrogen) atoms. The van der Waals surface area contributed by atoms with Gasteiger partial charge in [0.05, 0.1) is 18.8 Å². The summed E-state index contributed by atoms with van der Waals surface area (Å²) in [5.74, 6) is -0.256. The van der Waals surface area contributed by atoms with Gasteiger partial charge >= 0.3 is 0 Å². The molecule has 0 radical (unpaired) electrons. The van der Waals surface area contributed by atoms with Gasteiger partial charge in [-0.3, -0.25) is 9.69 Å². The van der Waals surface area contributed by atoms with Crippen molar-refractivity contribution in [1.29, 1.82) is 0 Å². The van der Waals surface area contributed by atoms with Crippen LogP contribution >= 0.6 is 0 Å². The number of halogens is 1. The average molecular weight is 305 g/mol. The second-order valence-corrected chi connectivity index (χ2v) is 5.59. The fourth-order valence-electron chi connectivity index (χ4n) is 3.07. The van der Waals surface area contributed by atoms with Gasteiger partial charge in [0, 0.05) is 18.7 Å². The van der Waals surface area contributed by atoms with Crippen LogP contribution in [0, 0.1) is 5.82 Å². The highest BCUT2D eigenvalue weighted by Crippen LogP contribution is 2.30. The van der Waals surface area contributed by atoms with Crippen LogP contribution in [0.25, 0.3) is 0 Å². The number of Topliss-reactive ketones (excluding diaryl/α,β-unsaturated/α-hetero) is 1. The summed E-state index contributed by atoms with van der Waals surface area (Å²) in [5.41, 5.74) is -0.00653. The molecular formula is C18H24FNO2. The van der Waals surface area contributed by atoms with E-state index in [0.29, 0.717) is 31.6 Å². The Balaban J connectivity index is 2.36. The lowest BCUT2D eigenvalue weighted by molar-refractivity contribution is -0.0154. The van der Waals surface area contributed by atoms with Crippen LogP contribution in [0.3, 0.4) is 0 Å². The first-order chi connectivity index (χ1) is 10.6. The zero-order chi connectivity index (χ0) is 16.0. The Bertz CT molecular complexity index is 520. The largest absolute Gasteiger partial charge is 0.379 e. The molecule has 0 amide bonds. The van der Waals surface area contributed by atoms with Crippen molar-refractivity contribution in [3.8, 4) is 0 Å². The van der Waals surface area contributed by atoms with E-state index in [0.717, 1.165) is 13.1 Å². The highest BCUT2D eigenvalue weighted by Gasteiger charge is 2.42. The fraction of sp³-hybridized carbons (Fsp3) is 0.500. The number of carbonyl (C=O) groups is 1. The van der Waals surface area contributed by atoms with Crippen molar-refractivity contribution >= 4 is 5.78 Å². The second-order valence-electron chi connectivity index (χ2n) is 5.59. The summed E-state index contributed by atoms with van der Waals surface area (Å²) in [6, 6.07) is 5.86. The zero-order valence-electron chi connectivity index (χ0n) is 13.3. The summed E-state index contributed by atoms with van der Waals surface area (Å²) in [6.07, 6.45) is 5.40. The average Bonchev–Trinajstić information content (AvgIpc) is 2.57. The molecule has 1 heterocycles. The number of morpholine rings is 1. The van der Waals surface area contributed by atoms with Crippen LogP contribution in [0.1, 0.15) is 37.0 Å². The minimum atomic E-state index is -0.575. The number of rotatable bonds is 6. The molecule has 1 aromatic rings. The summed E-state index contributed by atoms with van der Waals surface area (Å²) in [4.78, 5) is 15.4. The lowest BCUT2D eigenvalue weighted by Gasteiger charge is -2.43. The molecule has 1 aliphatic heterocycles. The quantitative estimate of drug-likeness (QED) is 0.595. The molecule has 1 atom stereocenters. The smallest absolute Gasteiger partial charge is 0.183 e. The third-order valence-electron chi connectivity index (χ3n) is 4.42. The standard InChI is InChI=1S/C18H24FNO2/c1-3-5-10-18(4-2,20-11-13-22-14-12-20)17(21)15-6-8-16(19)9-7-15/h3,5-9H,4,10-14H2,1-2H3. The number of hydrogen-bond acceptors (Lipinski definition) is 3. The van der Waals surface area contributed by atoms with Crippen molar-refractivity contribution in [3.63, 3.8) is 0 Å². The number of ketones is 1. The van der Waals surface area contributed by atoms with Gasteiger partial charge in [-0.15, -0.1) is 0 Å². The molecule has 1 aromatic carbocycles. The Hall–Kier alpha value is -1.52. The van der Waals surface area contributed by atoms with E-state index >= 15 is 0 Å². The summed E-state index contributed by atoms with van der Waals surface area (Å²) < 4.78 is 18.6. The van der Waals surface area contributed by atoms with E-state index in [2.05, 4.69) is 4.90 Å². The van der Waals surface area contributed by atoms with Crippen molar-refractivity contribution in [2.24, 2.45) is 0 Å². The summed E-state index contributed by atoms with van der Waals surface area (Å²) >= 11 is 0. The van der Waals surface area contributed by atoms with Crippen LogP contribution in [0.2, 0.25) is 0 Å². The van der Waals surface area contributed by atoms with Gasteiger partial charge in [-0.2, -0.15) is 0 Å². The SMILES string of the molecule is CC=CCC(CC)(C(=O)c1ccc(F)cc1)N1CCOCC1. The van der Waals surface area contributed by atoms with Crippen molar-refractivity contribution in [3.05, 3.63) is 47.8 Å². The maximum atomic E-state index is 13.2. The molecule has 4 heteroatoms. The highest BCUT2D eigenvalue weighted by molar-refractivity contribution is 6.03. The molecule has 0 N–H and O–H groups in total. The minimum absolute atomic E-state index is 0.0648. The summed E-state index contributed by atoms with van der Waals surface area (Å²) in [7, 11) is 0. The predicted molar refractivity (Wildman–Crippen MR) is 85.6 cm³/mol. The van der Waals surface area contributed by atoms with Crippen molar-refractivity contribution in [1.82, 2.24) is 4.90 Å². The molecule has 1 saturated heterocycles. The van der Waals surface area contributed by atoms with E-state index < -0.39 is 5.54 Å². The maximum Gasteiger partial charge on any atom is 0.183 e. The molecular weight excluding hydrogens is 281 g/mol. The van der Waals surface area contributed by atoms with Crippen LogP contribution in [0.15, 0.2) is 36.4 Å². The number of hydrogen-bond donors (Lipinski definition) is 0. The Morgan fingerprint density at radius 2 is 1.95 bits per heavy atom.